The van der Waals surface area contributed by atoms with Gasteiger partial charge in [-0.1, -0.05) is 0 Å². The lowest BCUT2D eigenvalue weighted by Gasteiger charge is -2.26. The fraction of sp³-hybridized carbons (Fsp3) is 0.583. The van der Waals surface area contributed by atoms with Crippen molar-refractivity contribution in [2.24, 2.45) is 0 Å². The Morgan fingerprint density at radius 2 is 2.32 bits per heavy atom. The Labute approximate surface area is 111 Å². The second-order valence-electron chi connectivity index (χ2n) is 4.09. The van der Waals surface area contributed by atoms with E-state index in [0.717, 1.165) is 0 Å². The van der Waals surface area contributed by atoms with Crippen molar-refractivity contribution >= 4 is 11.9 Å². The average molecular weight is 266 g/mol. The van der Waals surface area contributed by atoms with E-state index in [1.807, 2.05) is 0 Å². The molecular weight excluding hydrogens is 248 g/mol. The Morgan fingerprint density at radius 3 is 3.05 bits per heavy atom. The molecule has 1 saturated heterocycles. The lowest BCUT2D eigenvalue weighted by atomic mass is 10.3. The molecule has 0 radical (unpaired) electrons. The van der Waals surface area contributed by atoms with Crippen LogP contribution in [0.4, 0.5) is 5.95 Å². The summed E-state index contributed by atoms with van der Waals surface area (Å²) in [6.07, 6.45) is 1.58. The summed E-state index contributed by atoms with van der Waals surface area (Å²) >= 11 is 0. The molecule has 1 aliphatic rings. The van der Waals surface area contributed by atoms with Gasteiger partial charge in [0.25, 0.3) is 5.91 Å². The maximum atomic E-state index is 12.2. The molecule has 0 atom stereocenters. The predicted molar refractivity (Wildman–Crippen MR) is 69.1 cm³/mol. The number of carbonyl (C=O) groups excluding carboxylic acids is 1. The van der Waals surface area contributed by atoms with Gasteiger partial charge >= 0.3 is 0 Å². The number of methoxy groups -OCH3 is 1. The van der Waals surface area contributed by atoms with Crippen LogP contribution in [-0.4, -0.2) is 67.3 Å². The van der Waals surface area contributed by atoms with Gasteiger partial charge < -0.3 is 19.7 Å². The van der Waals surface area contributed by atoms with E-state index in [1.165, 1.54) is 0 Å². The van der Waals surface area contributed by atoms with Crippen LogP contribution in [0.3, 0.4) is 0 Å². The van der Waals surface area contributed by atoms with Gasteiger partial charge in [-0.3, -0.25) is 4.79 Å². The predicted octanol–water partition coefficient (Wildman–Crippen LogP) is 0.00730. The Bertz CT molecular complexity index is 421. The van der Waals surface area contributed by atoms with Crippen LogP contribution in [0.2, 0.25) is 0 Å². The van der Waals surface area contributed by atoms with Gasteiger partial charge in [-0.25, -0.2) is 9.97 Å². The number of carbonyl (C=O) groups is 1. The van der Waals surface area contributed by atoms with E-state index < -0.39 is 0 Å². The minimum absolute atomic E-state index is 0.0829. The first-order valence-corrected chi connectivity index (χ1v) is 6.24. The summed E-state index contributed by atoms with van der Waals surface area (Å²) in [5, 5.41) is 3.00. The Hall–Kier alpha value is -1.73. The number of morpholine rings is 1. The largest absolute Gasteiger partial charge is 0.383 e. The van der Waals surface area contributed by atoms with Crippen molar-refractivity contribution in [1.82, 2.24) is 14.9 Å². The van der Waals surface area contributed by atoms with Crippen molar-refractivity contribution in [2.45, 2.75) is 0 Å². The van der Waals surface area contributed by atoms with Crippen LogP contribution in [0.25, 0.3) is 0 Å². The van der Waals surface area contributed by atoms with Gasteiger partial charge in [0.05, 0.1) is 19.8 Å². The van der Waals surface area contributed by atoms with Gasteiger partial charge in [0.2, 0.25) is 5.95 Å². The Balaban J connectivity index is 1.98. The molecule has 0 spiro atoms. The minimum Gasteiger partial charge on any atom is -0.383 e. The molecule has 7 heteroatoms. The smallest absolute Gasteiger partial charge is 0.272 e. The first-order chi connectivity index (χ1) is 9.31. The lowest BCUT2D eigenvalue weighted by molar-refractivity contribution is 0.0299. The standard InChI is InChI=1S/C12H18N4O3/c1-18-7-4-14-12-13-3-2-10(15-12)11(17)16-5-8-19-9-6-16/h2-3H,4-9H2,1H3,(H,13,14,15). The van der Waals surface area contributed by atoms with Crippen molar-refractivity contribution in [3.8, 4) is 0 Å². The zero-order valence-electron chi connectivity index (χ0n) is 11.0. The van der Waals surface area contributed by atoms with Crippen LogP contribution in [-0.2, 0) is 9.47 Å². The Kier molecular flexibility index (Phi) is 5.05. The van der Waals surface area contributed by atoms with E-state index in [4.69, 9.17) is 9.47 Å². The first kappa shape index (κ1) is 13.7. The summed E-state index contributed by atoms with van der Waals surface area (Å²) in [6, 6.07) is 1.62. The zero-order valence-corrected chi connectivity index (χ0v) is 11.0. The summed E-state index contributed by atoms with van der Waals surface area (Å²) in [7, 11) is 1.63. The third kappa shape index (κ3) is 3.87. The molecule has 1 fully saturated rings. The molecule has 1 amide bonds. The molecule has 0 bridgehead atoms. The number of nitrogens with zero attached hydrogens (tertiary/aromatic N) is 3. The number of ether oxygens (including phenoxy) is 2. The third-order valence-corrected chi connectivity index (χ3v) is 2.76. The van der Waals surface area contributed by atoms with E-state index >= 15 is 0 Å². The quantitative estimate of drug-likeness (QED) is 0.756. The maximum Gasteiger partial charge on any atom is 0.272 e. The highest BCUT2D eigenvalue weighted by Gasteiger charge is 2.19. The van der Waals surface area contributed by atoms with Crippen LogP contribution < -0.4 is 5.32 Å². The molecule has 0 unspecified atom stereocenters. The van der Waals surface area contributed by atoms with Crippen molar-refractivity contribution in [3.05, 3.63) is 18.0 Å². The molecule has 0 aromatic carbocycles. The fourth-order valence-electron chi connectivity index (χ4n) is 1.76. The number of hydrogen-bond donors (Lipinski definition) is 1. The van der Waals surface area contributed by atoms with Crippen LogP contribution in [0, 0.1) is 0 Å². The van der Waals surface area contributed by atoms with Gasteiger partial charge in [-0.2, -0.15) is 0 Å². The van der Waals surface area contributed by atoms with E-state index in [1.54, 1.807) is 24.3 Å². The summed E-state index contributed by atoms with van der Waals surface area (Å²) in [5.74, 6) is 0.358. The summed E-state index contributed by atoms with van der Waals surface area (Å²) in [6.45, 7) is 3.53. The molecule has 2 rings (SSSR count). The molecule has 19 heavy (non-hydrogen) atoms. The highest BCUT2D eigenvalue weighted by Crippen LogP contribution is 2.06. The second-order valence-corrected chi connectivity index (χ2v) is 4.09. The number of anilines is 1. The van der Waals surface area contributed by atoms with Crippen LogP contribution in [0.5, 0.6) is 0 Å². The van der Waals surface area contributed by atoms with E-state index in [-0.39, 0.29) is 5.91 Å². The monoisotopic (exact) mass is 266 g/mol. The van der Waals surface area contributed by atoms with Crippen molar-refractivity contribution in [1.29, 1.82) is 0 Å². The van der Waals surface area contributed by atoms with Gasteiger partial charge in [0.1, 0.15) is 5.69 Å². The SMILES string of the molecule is COCCNc1nccc(C(=O)N2CCOCC2)n1. The van der Waals surface area contributed by atoms with Crippen LogP contribution >= 0.6 is 0 Å². The molecule has 1 aliphatic heterocycles. The number of nitrogens with one attached hydrogen (secondary N) is 1. The molecule has 0 saturated carbocycles. The molecule has 1 aromatic rings. The van der Waals surface area contributed by atoms with Gasteiger partial charge in [-0.05, 0) is 6.07 Å². The first-order valence-electron chi connectivity index (χ1n) is 6.24. The molecule has 0 aliphatic carbocycles. The van der Waals surface area contributed by atoms with Crippen LogP contribution in [0.15, 0.2) is 12.3 Å². The fourth-order valence-corrected chi connectivity index (χ4v) is 1.76. The topological polar surface area (TPSA) is 76.6 Å². The molecule has 104 valence electrons. The number of hydrogen-bond acceptors (Lipinski definition) is 6. The molecule has 7 nitrogen and oxygen atoms in total. The molecule has 2 heterocycles. The van der Waals surface area contributed by atoms with Crippen molar-refractivity contribution < 1.29 is 14.3 Å². The number of rotatable bonds is 5. The molecular formula is C12H18N4O3. The summed E-state index contributed by atoms with van der Waals surface area (Å²) in [5.41, 5.74) is 0.400. The Morgan fingerprint density at radius 1 is 1.53 bits per heavy atom. The highest BCUT2D eigenvalue weighted by molar-refractivity contribution is 5.92. The van der Waals surface area contributed by atoms with E-state index in [2.05, 4.69) is 15.3 Å². The minimum atomic E-state index is -0.0829. The third-order valence-electron chi connectivity index (χ3n) is 2.76. The summed E-state index contributed by atoms with van der Waals surface area (Å²) in [4.78, 5) is 22.2. The van der Waals surface area contributed by atoms with E-state index in [0.29, 0.717) is 51.1 Å². The van der Waals surface area contributed by atoms with Crippen molar-refractivity contribution in [2.75, 3.05) is 51.9 Å². The molecule has 1 N–H and O–H groups in total. The maximum absolute atomic E-state index is 12.2. The average Bonchev–Trinajstić information content (AvgIpc) is 2.48. The number of amides is 1. The van der Waals surface area contributed by atoms with Gasteiger partial charge in [0.15, 0.2) is 0 Å². The van der Waals surface area contributed by atoms with Gasteiger partial charge in [-0.15, -0.1) is 0 Å². The van der Waals surface area contributed by atoms with Crippen molar-refractivity contribution in [3.63, 3.8) is 0 Å². The van der Waals surface area contributed by atoms with Gasteiger partial charge in [0, 0.05) is 32.9 Å². The second kappa shape index (κ2) is 7.01. The normalized spacial score (nSPS) is 15.3. The van der Waals surface area contributed by atoms with E-state index in [9.17, 15) is 4.79 Å². The van der Waals surface area contributed by atoms with Crippen LogP contribution in [0.1, 0.15) is 10.5 Å². The highest BCUT2D eigenvalue weighted by atomic mass is 16.5. The zero-order chi connectivity index (χ0) is 13.5. The molecule has 1 aromatic heterocycles. The number of aromatic nitrogens is 2. The lowest BCUT2D eigenvalue weighted by Crippen LogP contribution is -2.41. The summed E-state index contributed by atoms with van der Waals surface area (Å²) < 4.78 is 10.2.